The molecule has 1 atom stereocenters. The van der Waals surface area contributed by atoms with Gasteiger partial charge in [-0.25, -0.2) is 9.07 Å². The summed E-state index contributed by atoms with van der Waals surface area (Å²) in [7, 11) is -4.10. The van der Waals surface area contributed by atoms with Crippen molar-refractivity contribution in [1.29, 1.82) is 0 Å². The van der Waals surface area contributed by atoms with Crippen molar-refractivity contribution in [3.63, 3.8) is 0 Å². The first kappa shape index (κ1) is 19.6. The van der Waals surface area contributed by atoms with Crippen LogP contribution in [-0.4, -0.2) is 18.2 Å². The number of benzene rings is 2. The molecule has 0 spiro atoms. The zero-order valence-electron chi connectivity index (χ0n) is 16.4. The first-order valence-electron chi connectivity index (χ1n) is 9.71. The molecule has 0 fully saturated rings. The van der Waals surface area contributed by atoms with Crippen LogP contribution < -0.4 is 4.18 Å². The largest absolute Gasteiger partial charge is 0.358 e. The highest BCUT2D eigenvalue weighted by molar-refractivity contribution is 7.87. The summed E-state index contributed by atoms with van der Waals surface area (Å²) >= 11 is 0. The first-order chi connectivity index (χ1) is 13.8. The van der Waals surface area contributed by atoms with Gasteiger partial charge in [-0.15, -0.1) is 0 Å². The Morgan fingerprint density at radius 1 is 1.03 bits per heavy atom. The Kier molecular flexibility index (Phi) is 5.17. The van der Waals surface area contributed by atoms with Crippen molar-refractivity contribution < 1.29 is 17.0 Å². The lowest BCUT2D eigenvalue weighted by Gasteiger charge is -2.20. The second kappa shape index (κ2) is 7.63. The van der Waals surface area contributed by atoms with Crippen LogP contribution in [0.4, 0.5) is 4.39 Å². The maximum absolute atomic E-state index is 13.1. The lowest BCUT2D eigenvalue weighted by atomic mass is 9.89. The molecule has 0 aliphatic heterocycles. The summed E-state index contributed by atoms with van der Waals surface area (Å²) in [6.07, 6.45) is 4.58. The van der Waals surface area contributed by atoms with Crippen molar-refractivity contribution in [2.45, 2.75) is 50.5 Å². The summed E-state index contributed by atoms with van der Waals surface area (Å²) in [6, 6.07) is 12.4. The van der Waals surface area contributed by atoms with E-state index in [-0.39, 0.29) is 16.8 Å². The summed E-state index contributed by atoms with van der Waals surface area (Å²) < 4.78 is 45.4. The van der Waals surface area contributed by atoms with Gasteiger partial charge in [-0.3, -0.25) is 0 Å². The molecule has 1 aliphatic carbocycles. The first-order valence-corrected chi connectivity index (χ1v) is 11.1. The molecule has 2 aromatic carbocycles. The molecule has 0 bridgehead atoms. The fraction of sp³-hybridized carbons (Fsp3) is 0.318. The Balaban J connectivity index is 1.65. The topological polar surface area (TPSA) is 61.2 Å². The summed E-state index contributed by atoms with van der Waals surface area (Å²) in [5, 5.41) is 4.46. The van der Waals surface area contributed by atoms with Crippen molar-refractivity contribution in [3.05, 3.63) is 76.7 Å². The van der Waals surface area contributed by atoms with Crippen LogP contribution in [0.2, 0.25) is 0 Å². The fourth-order valence-corrected chi connectivity index (χ4v) is 4.66. The molecule has 5 nitrogen and oxygen atoms in total. The van der Waals surface area contributed by atoms with E-state index in [0.717, 1.165) is 30.5 Å². The minimum atomic E-state index is -4.10. The molecule has 1 aliphatic rings. The van der Waals surface area contributed by atoms with Crippen molar-refractivity contribution in [2.24, 2.45) is 0 Å². The molecular weight excluding hydrogens is 391 g/mol. The number of aromatic nitrogens is 2. The number of fused-ring (bicyclic) bond motifs is 1. The third kappa shape index (κ3) is 4.05. The number of nitrogens with zero attached hydrogens (tertiary/aromatic N) is 2. The highest BCUT2D eigenvalue weighted by Crippen LogP contribution is 2.30. The maximum atomic E-state index is 13.1. The van der Waals surface area contributed by atoms with E-state index in [1.807, 2.05) is 6.92 Å². The quantitative estimate of drug-likeness (QED) is 0.573. The van der Waals surface area contributed by atoms with Crippen LogP contribution in [0.3, 0.4) is 0 Å². The Hall–Kier alpha value is -2.67. The zero-order chi connectivity index (χ0) is 20.6. The van der Waals surface area contributed by atoms with Gasteiger partial charge in [-0.05, 0) is 80.5 Å². The normalized spacial score (nSPS) is 15.0. The monoisotopic (exact) mass is 414 g/mol. The van der Waals surface area contributed by atoms with Gasteiger partial charge in [0, 0.05) is 6.07 Å². The van der Waals surface area contributed by atoms with Gasteiger partial charge < -0.3 is 4.18 Å². The van der Waals surface area contributed by atoms with E-state index < -0.39 is 15.9 Å². The Labute approximate surface area is 170 Å². The van der Waals surface area contributed by atoms with E-state index in [4.69, 9.17) is 4.18 Å². The van der Waals surface area contributed by atoms with Gasteiger partial charge >= 0.3 is 10.1 Å². The van der Waals surface area contributed by atoms with Crippen LogP contribution in [0.15, 0.2) is 53.4 Å². The second-order valence-electron chi connectivity index (χ2n) is 7.47. The molecule has 152 valence electrons. The summed E-state index contributed by atoms with van der Waals surface area (Å²) in [5.74, 6) is -0.372. The van der Waals surface area contributed by atoms with Crippen molar-refractivity contribution in [3.8, 4) is 5.88 Å². The van der Waals surface area contributed by atoms with Gasteiger partial charge in [0.1, 0.15) is 10.7 Å². The molecule has 7 heteroatoms. The standard InChI is InChI=1S/C22H23FN2O3S/c1-15-13-22(28-29(26,27)21-11-9-20(23)10-12-21)25(24-15)16(2)18-8-7-17-5-3-4-6-19(17)14-18/h7-14,16H,3-6H2,1-2H3. The van der Waals surface area contributed by atoms with Crippen molar-refractivity contribution >= 4 is 10.1 Å². The molecule has 3 aromatic rings. The van der Waals surface area contributed by atoms with Crippen molar-refractivity contribution in [2.75, 3.05) is 0 Å². The lowest BCUT2D eigenvalue weighted by molar-refractivity contribution is 0.425. The molecule has 0 saturated heterocycles. The van der Waals surface area contributed by atoms with Gasteiger partial charge in [-0.1, -0.05) is 18.2 Å². The number of halogens is 1. The second-order valence-corrected chi connectivity index (χ2v) is 9.02. The van der Waals surface area contributed by atoms with Crippen LogP contribution in [0.1, 0.15) is 48.2 Å². The molecule has 29 heavy (non-hydrogen) atoms. The summed E-state index contributed by atoms with van der Waals surface area (Å²) in [5.41, 5.74) is 4.45. The van der Waals surface area contributed by atoms with Gasteiger partial charge in [0.25, 0.3) is 0 Å². The number of rotatable bonds is 5. The average Bonchev–Trinajstić information content (AvgIpc) is 3.06. The predicted octanol–water partition coefficient (Wildman–Crippen LogP) is 4.59. The lowest BCUT2D eigenvalue weighted by Crippen LogP contribution is -2.16. The number of hydrogen-bond donors (Lipinski definition) is 0. The van der Waals surface area contributed by atoms with E-state index in [9.17, 15) is 12.8 Å². The highest BCUT2D eigenvalue weighted by Gasteiger charge is 2.23. The Morgan fingerprint density at radius 2 is 1.72 bits per heavy atom. The van der Waals surface area contributed by atoms with Gasteiger partial charge in [-0.2, -0.15) is 13.5 Å². The molecule has 1 unspecified atom stereocenters. The Bertz CT molecular complexity index is 1140. The third-order valence-electron chi connectivity index (χ3n) is 5.34. The minimum absolute atomic E-state index is 0.106. The van der Waals surface area contributed by atoms with Crippen LogP contribution in [-0.2, 0) is 23.0 Å². The predicted molar refractivity (Wildman–Crippen MR) is 108 cm³/mol. The van der Waals surface area contributed by atoms with Crippen LogP contribution in [0, 0.1) is 12.7 Å². The average molecular weight is 415 g/mol. The minimum Gasteiger partial charge on any atom is -0.358 e. The zero-order valence-corrected chi connectivity index (χ0v) is 17.2. The Morgan fingerprint density at radius 3 is 2.45 bits per heavy atom. The number of aryl methyl sites for hydroxylation is 3. The molecule has 1 heterocycles. The van der Waals surface area contributed by atoms with Crippen LogP contribution in [0.5, 0.6) is 5.88 Å². The fourth-order valence-electron chi connectivity index (χ4n) is 3.75. The summed E-state index contributed by atoms with van der Waals surface area (Å²) in [6.45, 7) is 3.75. The molecule has 0 saturated carbocycles. The highest BCUT2D eigenvalue weighted by atomic mass is 32.2. The maximum Gasteiger partial charge on any atom is 0.340 e. The van der Waals surface area contributed by atoms with Gasteiger partial charge in [0.05, 0.1) is 11.7 Å². The van der Waals surface area contributed by atoms with E-state index in [0.29, 0.717) is 5.69 Å². The van der Waals surface area contributed by atoms with Crippen molar-refractivity contribution in [1.82, 2.24) is 9.78 Å². The summed E-state index contributed by atoms with van der Waals surface area (Å²) in [4.78, 5) is -0.106. The molecule has 0 radical (unpaired) electrons. The number of hydrogen-bond acceptors (Lipinski definition) is 4. The van der Waals surface area contributed by atoms with E-state index in [1.165, 1.54) is 36.1 Å². The van der Waals surface area contributed by atoms with Gasteiger partial charge in [0.2, 0.25) is 5.88 Å². The molecule has 1 aromatic heterocycles. The third-order valence-corrected chi connectivity index (χ3v) is 6.58. The van der Waals surface area contributed by atoms with E-state index in [2.05, 4.69) is 23.3 Å². The molecule has 0 amide bonds. The van der Waals surface area contributed by atoms with E-state index in [1.54, 1.807) is 17.7 Å². The van der Waals surface area contributed by atoms with E-state index >= 15 is 0 Å². The smallest absolute Gasteiger partial charge is 0.340 e. The molecule has 0 N–H and O–H groups in total. The van der Waals surface area contributed by atoms with Crippen LogP contribution >= 0.6 is 0 Å². The SMILES string of the molecule is Cc1cc(OS(=O)(=O)c2ccc(F)cc2)n(C(C)c2ccc3c(c2)CCCC3)n1. The van der Waals surface area contributed by atoms with Crippen LogP contribution in [0.25, 0.3) is 0 Å². The molecular formula is C22H23FN2O3S. The van der Waals surface area contributed by atoms with Gasteiger partial charge in [0.15, 0.2) is 0 Å². The molecule has 4 rings (SSSR count).